The number of Topliss-reactive ketones (excluding diaryl/α,β-unsaturated/α-hetero) is 1. The Labute approximate surface area is 134 Å². The summed E-state index contributed by atoms with van der Waals surface area (Å²) in [5, 5.41) is 6.25. The molecule has 1 atom stereocenters. The Kier molecular flexibility index (Phi) is 4.71. The molecule has 6 heteroatoms. The molecule has 0 bridgehead atoms. The smallest absolute Gasteiger partial charge is 0.174 e. The highest BCUT2D eigenvalue weighted by atomic mass is 32.1. The molecular weight excluding hydrogens is 298 g/mol. The molecule has 3 heterocycles. The summed E-state index contributed by atoms with van der Waals surface area (Å²) >= 11 is 1.51. The SMILES string of the molecule is Cc1c(CN2CCOC[C@H]2CC(=O)c2cccs2)cnn1C. The number of thiophene rings is 1. The summed E-state index contributed by atoms with van der Waals surface area (Å²) in [4.78, 5) is 15.5. The molecule has 0 N–H and O–H groups in total. The second-order valence-corrected chi connectivity index (χ2v) is 6.63. The number of aromatic nitrogens is 2. The molecule has 0 aliphatic carbocycles. The van der Waals surface area contributed by atoms with Crippen molar-refractivity contribution < 1.29 is 9.53 Å². The van der Waals surface area contributed by atoms with Crippen molar-refractivity contribution in [3.05, 3.63) is 39.8 Å². The van der Waals surface area contributed by atoms with Crippen LogP contribution < -0.4 is 0 Å². The van der Waals surface area contributed by atoms with Crippen molar-refractivity contribution in [2.24, 2.45) is 7.05 Å². The lowest BCUT2D eigenvalue weighted by Gasteiger charge is -2.35. The van der Waals surface area contributed by atoms with Crippen LogP contribution in [0.25, 0.3) is 0 Å². The van der Waals surface area contributed by atoms with E-state index in [1.54, 1.807) is 0 Å². The standard InChI is InChI=1S/C16H21N3O2S/c1-12-13(9-17-18(12)2)10-19-5-6-21-11-14(19)8-15(20)16-4-3-7-22-16/h3-4,7,9,14H,5-6,8,10-11H2,1-2H3/t14-/m1/s1. The summed E-state index contributed by atoms with van der Waals surface area (Å²) in [5.41, 5.74) is 2.40. The number of ketones is 1. The van der Waals surface area contributed by atoms with Crippen LogP contribution >= 0.6 is 11.3 Å². The van der Waals surface area contributed by atoms with Crippen molar-refractivity contribution in [3.63, 3.8) is 0 Å². The largest absolute Gasteiger partial charge is 0.378 e. The number of carbonyl (C=O) groups is 1. The lowest BCUT2D eigenvalue weighted by Crippen LogP contribution is -2.45. The highest BCUT2D eigenvalue weighted by molar-refractivity contribution is 7.12. The number of rotatable bonds is 5. The molecule has 0 unspecified atom stereocenters. The fraction of sp³-hybridized carbons (Fsp3) is 0.500. The molecule has 118 valence electrons. The van der Waals surface area contributed by atoms with Gasteiger partial charge in [0.25, 0.3) is 0 Å². The van der Waals surface area contributed by atoms with E-state index in [1.165, 1.54) is 22.6 Å². The topological polar surface area (TPSA) is 47.4 Å². The molecule has 2 aromatic rings. The maximum absolute atomic E-state index is 12.4. The summed E-state index contributed by atoms with van der Waals surface area (Å²) in [7, 11) is 1.95. The van der Waals surface area contributed by atoms with Crippen molar-refractivity contribution in [1.82, 2.24) is 14.7 Å². The number of carbonyl (C=O) groups excluding carboxylic acids is 1. The first kappa shape index (κ1) is 15.4. The molecule has 1 fully saturated rings. The zero-order valence-corrected chi connectivity index (χ0v) is 13.8. The summed E-state index contributed by atoms with van der Waals surface area (Å²) in [6, 6.07) is 3.96. The first-order chi connectivity index (χ1) is 10.6. The highest BCUT2D eigenvalue weighted by Gasteiger charge is 2.26. The molecule has 1 saturated heterocycles. The van der Waals surface area contributed by atoms with E-state index in [-0.39, 0.29) is 11.8 Å². The van der Waals surface area contributed by atoms with Crippen LogP contribution in [0.15, 0.2) is 23.7 Å². The van der Waals surface area contributed by atoms with Gasteiger partial charge in [0.15, 0.2) is 5.78 Å². The average molecular weight is 319 g/mol. The third kappa shape index (κ3) is 3.29. The maximum Gasteiger partial charge on any atom is 0.174 e. The molecule has 0 aromatic carbocycles. The molecule has 1 aliphatic rings. The molecule has 5 nitrogen and oxygen atoms in total. The number of hydrogen-bond donors (Lipinski definition) is 0. The van der Waals surface area contributed by atoms with Crippen LogP contribution in [0.5, 0.6) is 0 Å². The number of hydrogen-bond acceptors (Lipinski definition) is 5. The van der Waals surface area contributed by atoms with Crippen molar-refractivity contribution in [1.29, 1.82) is 0 Å². The molecule has 0 radical (unpaired) electrons. The van der Waals surface area contributed by atoms with Gasteiger partial charge in [0.2, 0.25) is 0 Å². The number of morpholine rings is 1. The van der Waals surface area contributed by atoms with Crippen molar-refractivity contribution in [2.45, 2.75) is 25.9 Å². The van der Waals surface area contributed by atoms with Crippen LogP contribution in [0.1, 0.15) is 27.3 Å². The van der Waals surface area contributed by atoms with Gasteiger partial charge in [-0.1, -0.05) is 6.07 Å². The van der Waals surface area contributed by atoms with E-state index >= 15 is 0 Å². The summed E-state index contributed by atoms with van der Waals surface area (Å²) in [5.74, 6) is 0.207. The van der Waals surface area contributed by atoms with Crippen LogP contribution in [-0.2, 0) is 18.3 Å². The Bertz CT molecular complexity index is 636. The minimum absolute atomic E-state index is 0.142. The Hall–Kier alpha value is -1.50. The quantitative estimate of drug-likeness (QED) is 0.793. The second kappa shape index (κ2) is 6.73. The molecule has 22 heavy (non-hydrogen) atoms. The van der Waals surface area contributed by atoms with Gasteiger partial charge in [0.1, 0.15) is 0 Å². The minimum atomic E-state index is 0.142. The van der Waals surface area contributed by atoms with Gasteiger partial charge in [0.05, 0.1) is 24.3 Å². The van der Waals surface area contributed by atoms with Gasteiger partial charge in [-0.3, -0.25) is 14.4 Å². The van der Waals surface area contributed by atoms with Gasteiger partial charge < -0.3 is 4.74 Å². The van der Waals surface area contributed by atoms with Gasteiger partial charge in [-0.05, 0) is 18.4 Å². The first-order valence-electron chi connectivity index (χ1n) is 7.51. The molecule has 3 rings (SSSR count). The molecule has 0 saturated carbocycles. The Morgan fingerprint density at radius 3 is 3.09 bits per heavy atom. The first-order valence-corrected chi connectivity index (χ1v) is 8.39. The van der Waals surface area contributed by atoms with Crippen LogP contribution in [0, 0.1) is 6.92 Å². The molecule has 2 aromatic heterocycles. The fourth-order valence-corrected chi connectivity index (χ4v) is 3.43. The third-order valence-electron chi connectivity index (χ3n) is 4.28. The predicted octanol–water partition coefficient (Wildman–Crippen LogP) is 2.26. The van der Waals surface area contributed by atoms with Crippen LogP contribution in [0.3, 0.4) is 0 Å². The van der Waals surface area contributed by atoms with Gasteiger partial charge >= 0.3 is 0 Å². The maximum atomic E-state index is 12.4. The van der Waals surface area contributed by atoms with Crippen LogP contribution in [0.2, 0.25) is 0 Å². The Morgan fingerprint density at radius 1 is 1.55 bits per heavy atom. The van der Waals surface area contributed by atoms with Gasteiger partial charge in [0, 0.05) is 43.9 Å². The second-order valence-electron chi connectivity index (χ2n) is 5.68. The lowest BCUT2D eigenvalue weighted by atomic mass is 10.1. The number of aryl methyl sites for hydroxylation is 1. The van der Waals surface area contributed by atoms with E-state index in [2.05, 4.69) is 16.9 Å². The number of nitrogens with zero attached hydrogens (tertiary/aromatic N) is 3. The number of ether oxygens (including phenoxy) is 1. The lowest BCUT2D eigenvalue weighted by molar-refractivity contribution is -0.0126. The van der Waals surface area contributed by atoms with Gasteiger partial charge in [-0.25, -0.2) is 0 Å². The van der Waals surface area contributed by atoms with Crippen molar-refractivity contribution in [3.8, 4) is 0 Å². The minimum Gasteiger partial charge on any atom is -0.378 e. The highest BCUT2D eigenvalue weighted by Crippen LogP contribution is 2.20. The zero-order chi connectivity index (χ0) is 15.5. The van der Waals surface area contributed by atoms with Gasteiger partial charge in [-0.2, -0.15) is 5.10 Å². The van der Waals surface area contributed by atoms with E-state index < -0.39 is 0 Å². The van der Waals surface area contributed by atoms with E-state index in [0.29, 0.717) is 13.0 Å². The van der Waals surface area contributed by atoms with E-state index in [0.717, 1.165) is 24.6 Å². The summed E-state index contributed by atoms with van der Waals surface area (Å²) < 4.78 is 7.48. The summed E-state index contributed by atoms with van der Waals surface area (Å²) in [6.07, 6.45) is 2.43. The molecular formula is C16H21N3O2S. The van der Waals surface area contributed by atoms with E-state index in [1.807, 2.05) is 35.4 Å². The van der Waals surface area contributed by atoms with Gasteiger partial charge in [-0.15, -0.1) is 11.3 Å². The Balaban J connectivity index is 1.68. The predicted molar refractivity (Wildman–Crippen MR) is 86.2 cm³/mol. The van der Waals surface area contributed by atoms with Crippen molar-refractivity contribution >= 4 is 17.1 Å². The van der Waals surface area contributed by atoms with E-state index in [4.69, 9.17) is 4.74 Å². The molecule has 0 amide bonds. The Morgan fingerprint density at radius 2 is 2.41 bits per heavy atom. The van der Waals surface area contributed by atoms with Crippen LogP contribution in [-0.4, -0.2) is 46.3 Å². The van der Waals surface area contributed by atoms with Crippen LogP contribution in [0.4, 0.5) is 0 Å². The third-order valence-corrected chi connectivity index (χ3v) is 5.19. The van der Waals surface area contributed by atoms with E-state index in [9.17, 15) is 4.79 Å². The molecule has 1 aliphatic heterocycles. The fourth-order valence-electron chi connectivity index (χ4n) is 2.76. The normalized spacial score (nSPS) is 19.5. The zero-order valence-electron chi connectivity index (χ0n) is 13.0. The molecule has 0 spiro atoms. The monoisotopic (exact) mass is 319 g/mol. The average Bonchev–Trinajstić information content (AvgIpc) is 3.15. The van der Waals surface area contributed by atoms with Crippen molar-refractivity contribution in [2.75, 3.05) is 19.8 Å². The summed E-state index contributed by atoms with van der Waals surface area (Å²) in [6.45, 7) is 5.11.